The lowest BCUT2D eigenvalue weighted by molar-refractivity contribution is 0.102. The third-order valence-corrected chi connectivity index (χ3v) is 3.40. The van der Waals surface area contributed by atoms with Crippen LogP contribution in [0.5, 0.6) is 0 Å². The van der Waals surface area contributed by atoms with Crippen LogP contribution >= 0.6 is 0 Å². The van der Waals surface area contributed by atoms with E-state index in [9.17, 15) is 9.18 Å². The zero-order chi connectivity index (χ0) is 14.8. The largest absolute Gasteiger partial charge is 0.319 e. The number of amides is 1. The molecule has 0 heterocycles. The van der Waals surface area contributed by atoms with Crippen LogP contribution in [-0.2, 0) is 0 Å². The Morgan fingerprint density at radius 3 is 2.62 bits per heavy atom. The highest BCUT2D eigenvalue weighted by Crippen LogP contribution is 2.21. The molecule has 1 N–H and O–H groups in total. The quantitative estimate of drug-likeness (QED) is 0.733. The number of nitrogens with one attached hydrogen (secondary N) is 1. The van der Waals surface area contributed by atoms with Crippen molar-refractivity contribution in [2.45, 2.75) is 6.92 Å². The lowest BCUT2D eigenvalue weighted by Gasteiger charge is -2.09. The minimum absolute atomic E-state index is 0.202. The summed E-state index contributed by atoms with van der Waals surface area (Å²) in [5.41, 5.74) is 1.63. The van der Waals surface area contributed by atoms with Gasteiger partial charge in [0.15, 0.2) is 0 Å². The molecule has 0 aliphatic heterocycles. The molecule has 0 bridgehead atoms. The summed E-state index contributed by atoms with van der Waals surface area (Å²) in [6.45, 7) is 1.85. The molecule has 3 rings (SSSR count). The number of aryl methyl sites for hydroxylation is 1. The van der Waals surface area contributed by atoms with Gasteiger partial charge in [0.05, 0.1) is 5.69 Å². The van der Waals surface area contributed by atoms with E-state index in [1.165, 1.54) is 6.07 Å². The molecule has 0 fully saturated rings. The third-order valence-electron chi connectivity index (χ3n) is 3.40. The highest BCUT2D eigenvalue weighted by atomic mass is 19.1. The van der Waals surface area contributed by atoms with Crippen molar-refractivity contribution in [3.05, 3.63) is 77.6 Å². The number of anilines is 1. The summed E-state index contributed by atoms with van der Waals surface area (Å²) in [7, 11) is 0. The molecule has 1 amide bonds. The first-order valence-corrected chi connectivity index (χ1v) is 6.70. The predicted octanol–water partition coefficient (Wildman–Crippen LogP) is 4.54. The van der Waals surface area contributed by atoms with Crippen LogP contribution in [-0.4, -0.2) is 5.91 Å². The van der Waals surface area contributed by atoms with Crippen molar-refractivity contribution < 1.29 is 9.18 Å². The first-order valence-electron chi connectivity index (χ1n) is 6.70. The van der Waals surface area contributed by atoms with Crippen molar-refractivity contribution >= 4 is 22.4 Å². The van der Waals surface area contributed by atoms with Crippen molar-refractivity contribution in [3.8, 4) is 0 Å². The minimum atomic E-state index is -0.436. The average Bonchev–Trinajstić information content (AvgIpc) is 2.50. The Morgan fingerprint density at radius 2 is 1.76 bits per heavy atom. The van der Waals surface area contributed by atoms with E-state index in [-0.39, 0.29) is 11.6 Å². The van der Waals surface area contributed by atoms with Gasteiger partial charge < -0.3 is 5.32 Å². The highest BCUT2D eigenvalue weighted by Gasteiger charge is 2.12. The van der Waals surface area contributed by atoms with Gasteiger partial charge in [0, 0.05) is 5.56 Å². The van der Waals surface area contributed by atoms with Crippen LogP contribution in [0, 0.1) is 12.7 Å². The van der Waals surface area contributed by atoms with Gasteiger partial charge in [-0.05, 0) is 41.5 Å². The van der Waals surface area contributed by atoms with Gasteiger partial charge in [-0.25, -0.2) is 4.39 Å². The molecule has 3 aromatic carbocycles. The van der Waals surface area contributed by atoms with Gasteiger partial charge in [0.1, 0.15) is 5.82 Å². The molecule has 0 aromatic heterocycles. The number of benzene rings is 3. The van der Waals surface area contributed by atoms with Crippen LogP contribution < -0.4 is 5.32 Å². The van der Waals surface area contributed by atoms with Crippen LogP contribution in [0.4, 0.5) is 10.1 Å². The van der Waals surface area contributed by atoms with Crippen LogP contribution in [0.1, 0.15) is 15.9 Å². The Labute approximate surface area is 122 Å². The Balaban J connectivity index is 1.99. The fraction of sp³-hybridized carbons (Fsp3) is 0.0556. The molecular weight excluding hydrogens is 265 g/mol. The van der Waals surface area contributed by atoms with Gasteiger partial charge in [-0.3, -0.25) is 4.79 Å². The second-order valence-electron chi connectivity index (χ2n) is 4.96. The van der Waals surface area contributed by atoms with Crippen molar-refractivity contribution in [2.75, 3.05) is 5.32 Å². The molecule has 0 unspecified atom stereocenters. The molecule has 0 saturated heterocycles. The standard InChI is InChI=1S/C18H14FNO/c1-12-9-10-16(19)17(11-12)20-18(21)15-8-4-6-13-5-2-3-7-14(13)15/h2-11H,1H3,(H,20,21). The summed E-state index contributed by atoms with van der Waals surface area (Å²) >= 11 is 0. The second-order valence-corrected chi connectivity index (χ2v) is 4.96. The maximum Gasteiger partial charge on any atom is 0.256 e. The SMILES string of the molecule is Cc1ccc(F)c(NC(=O)c2cccc3ccccc23)c1. The maximum atomic E-state index is 13.7. The molecule has 0 radical (unpaired) electrons. The zero-order valence-electron chi connectivity index (χ0n) is 11.6. The molecule has 3 aromatic rings. The summed E-state index contributed by atoms with van der Waals surface area (Å²) in [5.74, 6) is -0.745. The van der Waals surface area contributed by atoms with Crippen LogP contribution in [0.2, 0.25) is 0 Å². The summed E-state index contributed by atoms with van der Waals surface area (Å²) < 4.78 is 13.7. The number of rotatable bonds is 2. The van der Waals surface area contributed by atoms with E-state index >= 15 is 0 Å². The van der Waals surface area contributed by atoms with Gasteiger partial charge in [0.2, 0.25) is 0 Å². The van der Waals surface area contributed by atoms with Crippen molar-refractivity contribution in [3.63, 3.8) is 0 Å². The molecule has 104 valence electrons. The number of hydrogen-bond acceptors (Lipinski definition) is 1. The van der Waals surface area contributed by atoms with Gasteiger partial charge in [-0.15, -0.1) is 0 Å². The Bertz CT molecular complexity index is 821. The Morgan fingerprint density at radius 1 is 1.00 bits per heavy atom. The first-order chi connectivity index (χ1) is 10.1. The van der Waals surface area contributed by atoms with E-state index in [1.807, 2.05) is 43.3 Å². The number of carbonyl (C=O) groups is 1. The maximum absolute atomic E-state index is 13.7. The lowest BCUT2D eigenvalue weighted by atomic mass is 10.0. The lowest BCUT2D eigenvalue weighted by Crippen LogP contribution is -2.13. The third kappa shape index (κ3) is 2.63. The second kappa shape index (κ2) is 5.37. The van der Waals surface area contributed by atoms with Crippen molar-refractivity contribution in [1.82, 2.24) is 0 Å². The molecule has 0 spiro atoms. The Hall–Kier alpha value is -2.68. The Kier molecular flexibility index (Phi) is 3.40. The number of halogens is 1. The number of carbonyl (C=O) groups excluding carboxylic acids is 1. The molecule has 0 aliphatic rings. The van der Waals surface area contributed by atoms with E-state index in [2.05, 4.69) is 5.32 Å². The zero-order valence-corrected chi connectivity index (χ0v) is 11.6. The smallest absolute Gasteiger partial charge is 0.256 e. The predicted molar refractivity (Wildman–Crippen MR) is 83.0 cm³/mol. The first kappa shape index (κ1) is 13.3. The van der Waals surface area contributed by atoms with E-state index in [1.54, 1.807) is 18.2 Å². The van der Waals surface area contributed by atoms with Crippen molar-refractivity contribution in [2.24, 2.45) is 0 Å². The molecule has 3 heteroatoms. The monoisotopic (exact) mass is 279 g/mol. The summed E-state index contributed by atoms with van der Waals surface area (Å²) in [4.78, 5) is 12.4. The molecule has 0 saturated carbocycles. The summed E-state index contributed by atoms with van der Waals surface area (Å²) in [5, 5.41) is 4.48. The fourth-order valence-corrected chi connectivity index (χ4v) is 2.35. The molecule has 0 atom stereocenters. The summed E-state index contributed by atoms with van der Waals surface area (Å²) in [6.07, 6.45) is 0. The fourth-order valence-electron chi connectivity index (χ4n) is 2.35. The minimum Gasteiger partial charge on any atom is -0.319 e. The topological polar surface area (TPSA) is 29.1 Å². The van der Waals surface area contributed by atoms with Crippen LogP contribution in [0.25, 0.3) is 10.8 Å². The van der Waals surface area contributed by atoms with Crippen molar-refractivity contribution in [1.29, 1.82) is 0 Å². The molecule has 21 heavy (non-hydrogen) atoms. The van der Waals surface area contributed by atoms with Crippen LogP contribution in [0.15, 0.2) is 60.7 Å². The average molecular weight is 279 g/mol. The van der Waals surface area contributed by atoms with Gasteiger partial charge in [-0.2, -0.15) is 0 Å². The normalized spacial score (nSPS) is 10.6. The van der Waals surface area contributed by atoms with E-state index in [0.29, 0.717) is 5.56 Å². The highest BCUT2D eigenvalue weighted by molar-refractivity contribution is 6.12. The molecule has 2 nitrogen and oxygen atoms in total. The van der Waals surface area contributed by atoms with Gasteiger partial charge in [0.25, 0.3) is 5.91 Å². The number of fused-ring (bicyclic) bond motifs is 1. The number of hydrogen-bond donors (Lipinski definition) is 1. The molecular formula is C18H14FNO. The van der Waals surface area contributed by atoms with E-state index < -0.39 is 5.82 Å². The van der Waals surface area contributed by atoms with E-state index in [4.69, 9.17) is 0 Å². The molecule has 0 aliphatic carbocycles. The van der Waals surface area contributed by atoms with Gasteiger partial charge >= 0.3 is 0 Å². The van der Waals surface area contributed by atoms with E-state index in [0.717, 1.165) is 16.3 Å². The van der Waals surface area contributed by atoms with Crippen LogP contribution in [0.3, 0.4) is 0 Å². The van der Waals surface area contributed by atoms with Gasteiger partial charge in [-0.1, -0.05) is 42.5 Å². The summed E-state index contributed by atoms with van der Waals surface area (Å²) in [6, 6.07) is 17.8.